The normalized spacial score (nSPS) is 20.8. The van der Waals surface area contributed by atoms with Crippen LogP contribution in [-0.2, 0) is 0 Å². The van der Waals surface area contributed by atoms with Gasteiger partial charge in [0.05, 0.1) is 6.04 Å². The van der Waals surface area contributed by atoms with Crippen LogP contribution >= 0.6 is 11.3 Å². The molecule has 0 spiro atoms. The summed E-state index contributed by atoms with van der Waals surface area (Å²) in [4.78, 5) is 5.45. The number of thiophene rings is 1. The van der Waals surface area contributed by atoms with Crippen molar-refractivity contribution in [3.8, 4) is 0 Å². The Bertz CT molecular complexity index is 327. The Balaban J connectivity index is 2.05. The molecule has 1 aromatic heterocycles. The van der Waals surface area contributed by atoms with Gasteiger partial charge in [-0.1, -0.05) is 19.3 Å². The fourth-order valence-electron chi connectivity index (χ4n) is 2.66. The number of nitrogens with two attached hydrogens (primary N) is 1. The third-order valence-corrected chi connectivity index (χ3v) is 4.75. The zero-order valence-electron chi connectivity index (χ0n) is 10.8. The van der Waals surface area contributed by atoms with Crippen molar-refractivity contribution in [2.75, 3.05) is 19.6 Å². The molecular formula is C14H24N2S. The minimum absolute atomic E-state index is 0.451. The van der Waals surface area contributed by atoms with E-state index in [4.69, 9.17) is 5.73 Å². The monoisotopic (exact) mass is 252 g/mol. The summed E-state index contributed by atoms with van der Waals surface area (Å²) >= 11 is 1.90. The van der Waals surface area contributed by atoms with Crippen LogP contribution in [0.1, 0.15) is 47.9 Å². The zero-order valence-corrected chi connectivity index (χ0v) is 11.6. The predicted molar refractivity (Wildman–Crippen MR) is 75.5 cm³/mol. The fraction of sp³-hybridized carbons (Fsp3) is 0.714. The van der Waals surface area contributed by atoms with E-state index in [1.165, 1.54) is 54.9 Å². The largest absolute Gasteiger partial charge is 0.329 e. The quantitative estimate of drug-likeness (QED) is 0.894. The molecular weight excluding hydrogens is 228 g/mol. The van der Waals surface area contributed by atoms with Crippen molar-refractivity contribution in [2.45, 2.75) is 45.1 Å². The molecule has 1 atom stereocenters. The predicted octanol–water partition coefficient (Wildman–Crippen LogP) is 3.32. The maximum Gasteiger partial charge on any atom is 0.0564 e. The number of hydrogen-bond acceptors (Lipinski definition) is 3. The van der Waals surface area contributed by atoms with Crippen molar-refractivity contribution in [1.29, 1.82) is 0 Å². The van der Waals surface area contributed by atoms with Crippen molar-refractivity contribution < 1.29 is 0 Å². The highest BCUT2D eigenvalue weighted by Crippen LogP contribution is 2.28. The Morgan fingerprint density at radius 3 is 2.35 bits per heavy atom. The van der Waals surface area contributed by atoms with Crippen LogP contribution in [0.5, 0.6) is 0 Å². The molecule has 96 valence electrons. The summed E-state index contributed by atoms with van der Waals surface area (Å²) in [5.41, 5.74) is 6.00. The molecule has 2 N–H and O–H groups in total. The van der Waals surface area contributed by atoms with E-state index >= 15 is 0 Å². The first kappa shape index (κ1) is 13.1. The van der Waals surface area contributed by atoms with Gasteiger partial charge in [-0.2, -0.15) is 0 Å². The third kappa shape index (κ3) is 3.54. The average Bonchev–Trinajstić information content (AvgIpc) is 2.68. The molecule has 0 amide bonds. The molecule has 1 saturated heterocycles. The van der Waals surface area contributed by atoms with Crippen LogP contribution < -0.4 is 5.73 Å². The lowest BCUT2D eigenvalue weighted by atomic mass is 10.1. The third-order valence-electron chi connectivity index (χ3n) is 3.64. The topological polar surface area (TPSA) is 29.3 Å². The maximum atomic E-state index is 6.00. The summed E-state index contributed by atoms with van der Waals surface area (Å²) in [5.74, 6) is 0. The van der Waals surface area contributed by atoms with E-state index in [-0.39, 0.29) is 0 Å². The van der Waals surface area contributed by atoms with Gasteiger partial charge >= 0.3 is 0 Å². The van der Waals surface area contributed by atoms with Gasteiger partial charge in [-0.05, 0) is 45.0 Å². The van der Waals surface area contributed by atoms with Crippen LogP contribution in [0.25, 0.3) is 0 Å². The second-order valence-electron chi connectivity index (χ2n) is 5.00. The van der Waals surface area contributed by atoms with Gasteiger partial charge in [0.1, 0.15) is 0 Å². The van der Waals surface area contributed by atoms with Crippen molar-refractivity contribution in [2.24, 2.45) is 5.73 Å². The second kappa shape index (κ2) is 6.53. The lowest BCUT2D eigenvalue weighted by Crippen LogP contribution is -2.35. The Hall–Kier alpha value is -0.380. The molecule has 2 rings (SSSR count). The summed E-state index contributed by atoms with van der Waals surface area (Å²) in [5, 5.41) is 0. The number of aryl methyl sites for hydroxylation is 1. The first-order valence-corrected chi connectivity index (χ1v) is 7.63. The summed E-state index contributed by atoms with van der Waals surface area (Å²) in [6, 6.07) is 4.93. The molecule has 0 radical (unpaired) electrons. The van der Waals surface area contributed by atoms with Crippen molar-refractivity contribution >= 4 is 11.3 Å². The Morgan fingerprint density at radius 2 is 1.82 bits per heavy atom. The number of hydrogen-bond donors (Lipinski definition) is 1. The summed E-state index contributed by atoms with van der Waals surface area (Å²) < 4.78 is 0. The van der Waals surface area contributed by atoms with Gasteiger partial charge in [0, 0.05) is 16.3 Å². The summed E-state index contributed by atoms with van der Waals surface area (Å²) in [6.45, 7) is 5.37. The minimum atomic E-state index is 0.451. The molecule has 0 saturated carbocycles. The molecule has 0 aromatic carbocycles. The summed E-state index contributed by atoms with van der Waals surface area (Å²) in [6.07, 6.45) is 6.86. The minimum Gasteiger partial charge on any atom is -0.329 e. The molecule has 1 fully saturated rings. The SMILES string of the molecule is Cc1ccc(C(CN)N2CCCCCCC2)s1. The molecule has 1 aromatic rings. The molecule has 2 nitrogen and oxygen atoms in total. The Labute approximate surface area is 109 Å². The molecule has 1 aliphatic rings. The number of rotatable bonds is 3. The second-order valence-corrected chi connectivity index (χ2v) is 6.32. The van der Waals surface area contributed by atoms with Gasteiger partial charge in [-0.15, -0.1) is 11.3 Å². The summed E-state index contributed by atoms with van der Waals surface area (Å²) in [7, 11) is 0. The first-order chi connectivity index (χ1) is 8.31. The smallest absolute Gasteiger partial charge is 0.0564 e. The standard InChI is InChI=1S/C14H24N2S/c1-12-7-8-14(17-12)13(11-15)16-9-5-3-2-4-6-10-16/h7-8,13H,2-6,9-11,15H2,1H3. The molecule has 0 bridgehead atoms. The van der Waals surface area contributed by atoms with Crippen LogP contribution in [0.15, 0.2) is 12.1 Å². The highest BCUT2D eigenvalue weighted by atomic mass is 32.1. The van der Waals surface area contributed by atoms with Gasteiger partial charge in [0.15, 0.2) is 0 Å². The highest BCUT2D eigenvalue weighted by molar-refractivity contribution is 7.12. The molecule has 0 aliphatic carbocycles. The van der Waals surface area contributed by atoms with E-state index < -0.39 is 0 Å². The average molecular weight is 252 g/mol. The lowest BCUT2D eigenvalue weighted by Gasteiger charge is -2.31. The van der Waals surface area contributed by atoms with Crippen LogP contribution in [0.4, 0.5) is 0 Å². The molecule has 1 unspecified atom stereocenters. The molecule has 2 heterocycles. The van der Waals surface area contributed by atoms with Gasteiger partial charge in [0.25, 0.3) is 0 Å². The van der Waals surface area contributed by atoms with E-state index in [1.54, 1.807) is 0 Å². The number of likely N-dealkylation sites (tertiary alicyclic amines) is 1. The highest BCUT2D eigenvalue weighted by Gasteiger charge is 2.20. The Morgan fingerprint density at radius 1 is 1.18 bits per heavy atom. The fourth-order valence-corrected chi connectivity index (χ4v) is 3.69. The maximum absolute atomic E-state index is 6.00. The Kier molecular flexibility index (Phi) is 5.01. The first-order valence-electron chi connectivity index (χ1n) is 6.81. The van der Waals surface area contributed by atoms with Crippen molar-refractivity contribution in [1.82, 2.24) is 4.90 Å². The van der Waals surface area contributed by atoms with E-state index in [1.807, 2.05) is 11.3 Å². The van der Waals surface area contributed by atoms with Gasteiger partial charge in [-0.3, -0.25) is 4.90 Å². The van der Waals surface area contributed by atoms with Crippen molar-refractivity contribution in [3.05, 3.63) is 21.9 Å². The van der Waals surface area contributed by atoms with E-state index in [9.17, 15) is 0 Å². The van der Waals surface area contributed by atoms with Crippen molar-refractivity contribution in [3.63, 3.8) is 0 Å². The van der Waals surface area contributed by atoms with E-state index in [0.29, 0.717) is 6.04 Å². The van der Waals surface area contributed by atoms with Gasteiger partial charge < -0.3 is 5.73 Å². The lowest BCUT2D eigenvalue weighted by molar-refractivity contribution is 0.186. The molecule has 3 heteroatoms. The zero-order chi connectivity index (χ0) is 12.1. The number of nitrogens with zero attached hydrogens (tertiary/aromatic N) is 1. The van der Waals surface area contributed by atoms with Crippen LogP contribution in [0.2, 0.25) is 0 Å². The van der Waals surface area contributed by atoms with Crippen LogP contribution in [-0.4, -0.2) is 24.5 Å². The van der Waals surface area contributed by atoms with E-state index in [0.717, 1.165) is 6.54 Å². The molecule has 17 heavy (non-hydrogen) atoms. The van der Waals surface area contributed by atoms with Crippen LogP contribution in [0.3, 0.4) is 0 Å². The van der Waals surface area contributed by atoms with Crippen LogP contribution in [0, 0.1) is 6.92 Å². The van der Waals surface area contributed by atoms with Gasteiger partial charge in [-0.25, -0.2) is 0 Å². The van der Waals surface area contributed by atoms with E-state index in [2.05, 4.69) is 24.0 Å². The van der Waals surface area contributed by atoms with Gasteiger partial charge in [0.2, 0.25) is 0 Å². The molecule has 1 aliphatic heterocycles.